The predicted molar refractivity (Wildman–Crippen MR) is 116 cm³/mol. The van der Waals surface area contributed by atoms with E-state index in [9.17, 15) is 19.2 Å². The van der Waals surface area contributed by atoms with Crippen LogP contribution >= 0.6 is 0 Å². The molecule has 0 aliphatic carbocycles. The van der Waals surface area contributed by atoms with Gasteiger partial charge in [-0.2, -0.15) is 0 Å². The number of hydrogen-bond donors (Lipinski definition) is 2. The van der Waals surface area contributed by atoms with Gasteiger partial charge in [-0.3, -0.25) is 19.4 Å². The summed E-state index contributed by atoms with van der Waals surface area (Å²) < 4.78 is 0. The molecule has 2 heterocycles. The summed E-state index contributed by atoms with van der Waals surface area (Å²) >= 11 is 0. The standard InChI is InChI=1S/C23H28N4O4/c1-4-16(13-28)25-21(29)18-10-12-27(18)23(31)19(14(2)3)26-22(30)20-17-8-6-5-7-15(17)9-11-24-20/h5-9,11,13-14,16,18-19H,4,10,12H2,1-3H3,(H,25,29)(H,26,30)/t16-,18-,19-/m0/s1. The van der Waals surface area contributed by atoms with Crippen molar-refractivity contribution in [3.63, 3.8) is 0 Å². The van der Waals surface area contributed by atoms with Gasteiger partial charge in [0.15, 0.2) is 0 Å². The lowest BCUT2D eigenvalue weighted by Gasteiger charge is -2.42. The van der Waals surface area contributed by atoms with Gasteiger partial charge in [0.2, 0.25) is 11.8 Å². The largest absolute Gasteiger partial charge is 0.345 e. The van der Waals surface area contributed by atoms with Gasteiger partial charge >= 0.3 is 0 Å². The van der Waals surface area contributed by atoms with Gasteiger partial charge in [0.1, 0.15) is 24.1 Å². The maximum Gasteiger partial charge on any atom is 0.271 e. The monoisotopic (exact) mass is 424 g/mol. The number of nitrogens with one attached hydrogen (secondary N) is 2. The van der Waals surface area contributed by atoms with Crippen molar-refractivity contribution in [2.45, 2.75) is 51.7 Å². The normalized spacial score (nSPS) is 17.5. The third-order valence-electron chi connectivity index (χ3n) is 5.65. The first kappa shape index (κ1) is 22.4. The Morgan fingerprint density at radius 2 is 1.94 bits per heavy atom. The quantitative estimate of drug-likeness (QED) is 0.627. The van der Waals surface area contributed by atoms with E-state index in [4.69, 9.17) is 0 Å². The van der Waals surface area contributed by atoms with E-state index < -0.39 is 24.0 Å². The highest BCUT2D eigenvalue weighted by Gasteiger charge is 2.41. The number of carbonyl (C=O) groups excluding carboxylic acids is 4. The molecule has 0 bridgehead atoms. The molecule has 1 aliphatic heterocycles. The fraction of sp³-hybridized carbons (Fsp3) is 0.435. The lowest BCUT2D eigenvalue weighted by molar-refractivity contribution is -0.150. The third kappa shape index (κ3) is 4.73. The van der Waals surface area contributed by atoms with E-state index in [-0.39, 0.29) is 23.4 Å². The minimum absolute atomic E-state index is 0.186. The number of carbonyl (C=O) groups is 4. The SMILES string of the molecule is CC[C@@H](C=O)NC(=O)[C@@H]1CCN1C(=O)[C@@H](NC(=O)c1nccc2ccccc12)C(C)C. The zero-order chi connectivity index (χ0) is 22.5. The average Bonchev–Trinajstić information content (AvgIpc) is 2.74. The van der Waals surface area contributed by atoms with Crippen molar-refractivity contribution in [1.82, 2.24) is 20.5 Å². The number of benzene rings is 1. The van der Waals surface area contributed by atoms with Gasteiger partial charge in [0, 0.05) is 18.1 Å². The van der Waals surface area contributed by atoms with Crippen LogP contribution in [0.5, 0.6) is 0 Å². The Morgan fingerprint density at radius 1 is 1.19 bits per heavy atom. The first-order valence-corrected chi connectivity index (χ1v) is 10.6. The van der Waals surface area contributed by atoms with Gasteiger partial charge in [0.25, 0.3) is 5.91 Å². The lowest BCUT2D eigenvalue weighted by Crippen LogP contribution is -2.64. The number of likely N-dealkylation sites (tertiary alicyclic amines) is 1. The van der Waals surface area contributed by atoms with Crippen LogP contribution in [0.25, 0.3) is 10.8 Å². The molecule has 3 amide bonds. The maximum atomic E-state index is 13.2. The minimum atomic E-state index is -0.795. The van der Waals surface area contributed by atoms with E-state index in [1.807, 2.05) is 44.2 Å². The van der Waals surface area contributed by atoms with Crippen molar-refractivity contribution in [2.75, 3.05) is 6.54 Å². The molecule has 1 saturated heterocycles. The number of aromatic nitrogens is 1. The molecule has 2 aromatic rings. The molecule has 1 aliphatic rings. The molecule has 0 radical (unpaired) electrons. The summed E-state index contributed by atoms with van der Waals surface area (Å²) in [4.78, 5) is 55.3. The van der Waals surface area contributed by atoms with Crippen LogP contribution in [0.4, 0.5) is 0 Å². The van der Waals surface area contributed by atoms with Gasteiger partial charge in [-0.25, -0.2) is 0 Å². The van der Waals surface area contributed by atoms with Crippen molar-refractivity contribution in [3.05, 3.63) is 42.2 Å². The number of amides is 3. The van der Waals surface area contributed by atoms with E-state index in [2.05, 4.69) is 15.6 Å². The summed E-state index contributed by atoms with van der Waals surface area (Å²) in [6.07, 6.45) is 3.27. The summed E-state index contributed by atoms with van der Waals surface area (Å²) in [6.45, 7) is 5.91. The third-order valence-corrected chi connectivity index (χ3v) is 5.65. The van der Waals surface area contributed by atoms with Crippen molar-refractivity contribution < 1.29 is 19.2 Å². The average molecular weight is 425 g/mol. The zero-order valence-corrected chi connectivity index (χ0v) is 18.0. The van der Waals surface area contributed by atoms with Gasteiger partial charge < -0.3 is 20.3 Å². The molecule has 1 aromatic heterocycles. The minimum Gasteiger partial charge on any atom is -0.345 e. The molecule has 1 fully saturated rings. The van der Waals surface area contributed by atoms with Crippen molar-refractivity contribution in [2.24, 2.45) is 5.92 Å². The van der Waals surface area contributed by atoms with Crippen LogP contribution in [0.1, 0.15) is 44.1 Å². The fourth-order valence-corrected chi connectivity index (χ4v) is 3.64. The number of aldehydes is 1. The van der Waals surface area contributed by atoms with Crippen LogP contribution in [-0.2, 0) is 14.4 Å². The molecule has 3 atom stereocenters. The molecule has 8 heteroatoms. The Kier molecular flexibility index (Phi) is 6.99. The molecule has 8 nitrogen and oxygen atoms in total. The van der Waals surface area contributed by atoms with E-state index >= 15 is 0 Å². The Morgan fingerprint density at radius 3 is 2.55 bits per heavy atom. The van der Waals surface area contributed by atoms with Crippen LogP contribution in [0.2, 0.25) is 0 Å². The molecule has 0 saturated carbocycles. The highest BCUT2D eigenvalue weighted by molar-refractivity contribution is 6.06. The van der Waals surface area contributed by atoms with Crippen molar-refractivity contribution >= 4 is 34.8 Å². The Labute approximate surface area is 181 Å². The fourth-order valence-electron chi connectivity index (χ4n) is 3.64. The molecule has 2 N–H and O–H groups in total. The summed E-state index contributed by atoms with van der Waals surface area (Å²) in [5.74, 6) is -1.27. The van der Waals surface area contributed by atoms with Crippen LogP contribution in [0, 0.1) is 5.92 Å². The number of nitrogens with zero attached hydrogens (tertiary/aromatic N) is 2. The number of hydrogen-bond acceptors (Lipinski definition) is 5. The predicted octanol–water partition coefficient (Wildman–Crippen LogP) is 1.68. The Hall–Kier alpha value is -3.29. The maximum absolute atomic E-state index is 13.2. The molecule has 0 spiro atoms. The first-order valence-electron chi connectivity index (χ1n) is 10.6. The summed E-state index contributed by atoms with van der Waals surface area (Å²) in [6, 6.07) is 7.26. The van der Waals surface area contributed by atoms with Crippen LogP contribution < -0.4 is 10.6 Å². The van der Waals surface area contributed by atoms with Crippen molar-refractivity contribution in [3.8, 4) is 0 Å². The smallest absolute Gasteiger partial charge is 0.271 e. The molecular weight excluding hydrogens is 396 g/mol. The molecule has 164 valence electrons. The molecule has 0 unspecified atom stereocenters. The molecular formula is C23H28N4O4. The van der Waals surface area contributed by atoms with E-state index in [1.54, 1.807) is 13.1 Å². The van der Waals surface area contributed by atoms with Gasteiger partial charge in [-0.15, -0.1) is 0 Å². The molecule has 1 aromatic carbocycles. The van der Waals surface area contributed by atoms with Gasteiger partial charge in [-0.1, -0.05) is 45.0 Å². The van der Waals surface area contributed by atoms with Crippen LogP contribution in [-0.4, -0.2) is 58.6 Å². The molecule has 31 heavy (non-hydrogen) atoms. The second-order valence-electron chi connectivity index (χ2n) is 8.07. The Bertz CT molecular complexity index is 985. The second kappa shape index (κ2) is 9.68. The lowest BCUT2D eigenvalue weighted by atomic mass is 9.95. The van der Waals surface area contributed by atoms with E-state index in [0.29, 0.717) is 31.1 Å². The number of rotatable bonds is 8. The number of pyridine rings is 1. The summed E-state index contributed by atoms with van der Waals surface area (Å²) in [5, 5.41) is 7.07. The van der Waals surface area contributed by atoms with Gasteiger partial charge in [-0.05, 0) is 30.2 Å². The Balaban J connectivity index is 1.74. The number of fused-ring (bicyclic) bond motifs is 1. The van der Waals surface area contributed by atoms with E-state index in [1.165, 1.54) is 4.90 Å². The summed E-state index contributed by atoms with van der Waals surface area (Å²) in [5.41, 5.74) is 0.256. The van der Waals surface area contributed by atoms with Crippen LogP contribution in [0.3, 0.4) is 0 Å². The van der Waals surface area contributed by atoms with E-state index in [0.717, 1.165) is 5.39 Å². The van der Waals surface area contributed by atoms with Gasteiger partial charge in [0.05, 0.1) is 6.04 Å². The van der Waals surface area contributed by atoms with Crippen molar-refractivity contribution in [1.29, 1.82) is 0 Å². The highest BCUT2D eigenvalue weighted by Crippen LogP contribution is 2.22. The molecule has 3 rings (SSSR count). The first-order chi connectivity index (χ1) is 14.9. The second-order valence-corrected chi connectivity index (χ2v) is 8.07. The topological polar surface area (TPSA) is 108 Å². The summed E-state index contributed by atoms with van der Waals surface area (Å²) in [7, 11) is 0. The van der Waals surface area contributed by atoms with Crippen LogP contribution in [0.15, 0.2) is 36.5 Å². The highest BCUT2D eigenvalue weighted by atomic mass is 16.2. The zero-order valence-electron chi connectivity index (χ0n) is 18.0.